The van der Waals surface area contributed by atoms with Crippen LogP contribution in [0.1, 0.15) is 51.9 Å². The fourth-order valence-electron chi connectivity index (χ4n) is 3.87. The Balaban J connectivity index is 1.93. The Bertz CT molecular complexity index is 524. The van der Waals surface area contributed by atoms with Crippen LogP contribution in [0.3, 0.4) is 0 Å². The molecule has 0 aromatic rings. The predicted molar refractivity (Wildman–Crippen MR) is 92.8 cm³/mol. The molecule has 2 aliphatic rings. The Morgan fingerprint density at radius 3 is 2.57 bits per heavy atom. The van der Waals surface area contributed by atoms with E-state index in [0.717, 1.165) is 31.1 Å². The Hall–Kier alpha value is -1.04. The van der Waals surface area contributed by atoms with Gasteiger partial charge >= 0.3 is 6.03 Å². The van der Waals surface area contributed by atoms with Gasteiger partial charge in [0.05, 0.1) is 0 Å². The van der Waals surface area contributed by atoms with Crippen LogP contribution in [0.2, 0.25) is 0 Å². The Kier molecular flexibility index (Phi) is 6.50. The molecule has 0 aromatic carbocycles. The fraction of sp³-hybridized carbons (Fsp3) is 0.824. The summed E-state index contributed by atoms with van der Waals surface area (Å²) in [6.07, 6.45) is 11.1. The van der Waals surface area contributed by atoms with Gasteiger partial charge in [-0.15, -0.1) is 0 Å². The van der Waals surface area contributed by atoms with E-state index in [2.05, 4.69) is 12.2 Å². The van der Waals surface area contributed by atoms with E-state index in [1.165, 1.54) is 38.2 Å². The summed E-state index contributed by atoms with van der Waals surface area (Å²) >= 11 is 0. The third kappa shape index (κ3) is 5.83. The van der Waals surface area contributed by atoms with Gasteiger partial charge in [0.25, 0.3) is 0 Å². The molecule has 2 fully saturated rings. The summed E-state index contributed by atoms with van der Waals surface area (Å²) in [6, 6.07) is 0.295. The van der Waals surface area contributed by atoms with Gasteiger partial charge in [-0.05, 0) is 37.5 Å². The highest BCUT2D eigenvalue weighted by Gasteiger charge is 2.35. The first kappa shape index (κ1) is 18.3. The van der Waals surface area contributed by atoms with Crippen LogP contribution in [0.5, 0.6) is 0 Å². The molecular formula is C17H30N2O3S. The molecule has 5 nitrogen and oxygen atoms in total. The number of nitrogens with one attached hydrogen (secondary N) is 1. The summed E-state index contributed by atoms with van der Waals surface area (Å²) in [5.41, 5.74) is 0. The van der Waals surface area contributed by atoms with E-state index in [1.54, 1.807) is 0 Å². The first-order valence-electron chi connectivity index (χ1n) is 8.78. The average molecular weight is 343 g/mol. The van der Waals surface area contributed by atoms with Gasteiger partial charge in [-0.3, -0.25) is 0 Å². The second-order valence-corrected chi connectivity index (χ2v) is 9.11. The van der Waals surface area contributed by atoms with E-state index in [4.69, 9.17) is 0 Å². The number of piperidine rings is 1. The topological polar surface area (TPSA) is 66.5 Å². The highest BCUT2D eigenvalue weighted by molar-refractivity contribution is 7.93. The minimum absolute atomic E-state index is 0.0503. The van der Waals surface area contributed by atoms with Crippen molar-refractivity contribution in [3.63, 3.8) is 0 Å². The second kappa shape index (κ2) is 8.18. The summed E-state index contributed by atoms with van der Waals surface area (Å²) in [5.74, 6) is 1.31. The number of nitrogens with zero attached hydrogens (tertiary/aromatic N) is 1. The molecule has 23 heavy (non-hydrogen) atoms. The third-order valence-electron chi connectivity index (χ3n) is 5.08. The van der Waals surface area contributed by atoms with Gasteiger partial charge in [0.1, 0.15) is 0 Å². The monoisotopic (exact) mass is 342 g/mol. The molecule has 1 aliphatic carbocycles. The van der Waals surface area contributed by atoms with Crippen LogP contribution in [-0.4, -0.2) is 44.7 Å². The first-order chi connectivity index (χ1) is 10.9. The number of urea groups is 1. The van der Waals surface area contributed by atoms with Crippen molar-refractivity contribution < 1.29 is 13.2 Å². The minimum Gasteiger partial charge on any atom is -0.334 e. The molecule has 1 saturated carbocycles. The molecule has 132 valence electrons. The lowest BCUT2D eigenvalue weighted by Gasteiger charge is -2.43. The standard InChI is InChI=1S/C17H30N2O3S/c1-14-9-11-19(16(13-14)15-7-4-3-5-8-15)17(20)18-10-6-12-23(2,21)22/h6,12,14-16H,3-5,7-11,13H2,1-2H3,(H,18,20)/b12-6+/t14-,16+/m1/s1. The van der Waals surface area contributed by atoms with Crippen molar-refractivity contribution in [3.05, 3.63) is 11.5 Å². The summed E-state index contributed by atoms with van der Waals surface area (Å²) in [7, 11) is -3.13. The van der Waals surface area contributed by atoms with Gasteiger partial charge in [-0.2, -0.15) is 0 Å². The minimum atomic E-state index is -3.13. The van der Waals surface area contributed by atoms with Crippen molar-refractivity contribution in [2.24, 2.45) is 11.8 Å². The van der Waals surface area contributed by atoms with Crippen LogP contribution in [-0.2, 0) is 9.84 Å². The maximum absolute atomic E-state index is 12.5. The van der Waals surface area contributed by atoms with Crippen LogP contribution in [0.25, 0.3) is 0 Å². The van der Waals surface area contributed by atoms with Crippen LogP contribution < -0.4 is 5.32 Å². The zero-order chi connectivity index (χ0) is 16.9. The molecule has 2 rings (SSSR count). The van der Waals surface area contributed by atoms with Crippen molar-refractivity contribution in [2.45, 2.75) is 57.9 Å². The predicted octanol–water partition coefficient (Wildman–Crippen LogP) is 2.94. The van der Waals surface area contributed by atoms with Gasteiger partial charge in [-0.25, -0.2) is 13.2 Å². The SMILES string of the molecule is C[C@@H]1CCN(C(=O)NC/C=C/S(C)(=O)=O)[C@H](C2CCCCC2)C1. The van der Waals surface area contributed by atoms with Crippen LogP contribution >= 0.6 is 0 Å². The largest absolute Gasteiger partial charge is 0.334 e. The number of rotatable bonds is 4. The van der Waals surface area contributed by atoms with Crippen molar-refractivity contribution in [3.8, 4) is 0 Å². The summed E-state index contributed by atoms with van der Waals surface area (Å²) in [5, 5.41) is 3.99. The third-order valence-corrected chi connectivity index (χ3v) is 5.76. The van der Waals surface area contributed by atoms with E-state index >= 15 is 0 Å². The normalized spacial score (nSPS) is 27.3. The molecule has 1 saturated heterocycles. The first-order valence-corrected chi connectivity index (χ1v) is 10.7. The van der Waals surface area contributed by atoms with E-state index in [0.29, 0.717) is 17.9 Å². The molecule has 0 unspecified atom stereocenters. The second-order valence-electron chi connectivity index (χ2n) is 7.18. The van der Waals surface area contributed by atoms with E-state index in [9.17, 15) is 13.2 Å². The maximum atomic E-state index is 12.5. The molecule has 6 heteroatoms. The average Bonchev–Trinajstić information content (AvgIpc) is 2.51. The molecule has 1 N–H and O–H groups in total. The molecular weight excluding hydrogens is 312 g/mol. The zero-order valence-electron chi connectivity index (χ0n) is 14.3. The Morgan fingerprint density at radius 2 is 1.91 bits per heavy atom. The van der Waals surface area contributed by atoms with Gasteiger partial charge in [0.15, 0.2) is 9.84 Å². The summed E-state index contributed by atoms with van der Waals surface area (Å²) < 4.78 is 22.1. The molecule has 0 aromatic heterocycles. The Labute approximate surface area is 140 Å². The Morgan fingerprint density at radius 1 is 1.22 bits per heavy atom. The van der Waals surface area contributed by atoms with E-state index in [-0.39, 0.29) is 12.6 Å². The number of hydrogen-bond donors (Lipinski definition) is 1. The molecule has 1 heterocycles. The molecule has 2 atom stereocenters. The van der Waals surface area contributed by atoms with Crippen LogP contribution in [0.15, 0.2) is 11.5 Å². The molecule has 0 radical (unpaired) electrons. The van der Waals surface area contributed by atoms with Crippen molar-refractivity contribution >= 4 is 15.9 Å². The molecule has 0 spiro atoms. The van der Waals surface area contributed by atoms with Crippen molar-refractivity contribution in [1.29, 1.82) is 0 Å². The number of carbonyl (C=O) groups is 1. The zero-order valence-corrected chi connectivity index (χ0v) is 15.1. The van der Waals surface area contributed by atoms with Crippen LogP contribution in [0, 0.1) is 11.8 Å². The van der Waals surface area contributed by atoms with Crippen molar-refractivity contribution in [1.82, 2.24) is 10.2 Å². The van der Waals surface area contributed by atoms with E-state index in [1.807, 2.05) is 4.90 Å². The van der Waals surface area contributed by atoms with Gasteiger partial charge in [-0.1, -0.05) is 32.3 Å². The lowest BCUT2D eigenvalue weighted by Crippen LogP contribution is -2.53. The lowest BCUT2D eigenvalue weighted by atomic mass is 9.77. The fourth-order valence-corrected chi connectivity index (χ4v) is 4.32. The molecule has 2 amide bonds. The highest BCUT2D eigenvalue weighted by atomic mass is 32.2. The maximum Gasteiger partial charge on any atom is 0.317 e. The number of carbonyl (C=O) groups excluding carboxylic acids is 1. The molecule has 0 bridgehead atoms. The summed E-state index contributed by atoms with van der Waals surface area (Å²) in [6.45, 7) is 3.35. The number of sulfone groups is 1. The van der Waals surface area contributed by atoms with Crippen molar-refractivity contribution in [2.75, 3.05) is 19.3 Å². The smallest absolute Gasteiger partial charge is 0.317 e. The van der Waals surface area contributed by atoms with Gasteiger partial charge in [0, 0.05) is 30.8 Å². The number of amides is 2. The van der Waals surface area contributed by atoms with E-state index < -0.39 is 9.84 Å². The summed E-state index contributed by atoms with van der Waals surface area (Å²) in [4.78, 5) is 14.5. The number of likely N-dealkylation sites (tertiary alicyclic amines) is 1. The van der Waals surface area contributed by atoms with Gasteiger partial charge < -0.3 is 10.2 Å². The molecule has 1 aliphatic heterocycles. The van der Waals surface area contributed by atoms with Crippen LogP contribution in [0.4, 0.5) is 4.79 Å². The lowest BCUT2D eigenvalue weighted by molar-refractivity contribution is 0.0832. The highest BCUT2D eigenvalue weighted by Crippen LogP contribution is 2.35. The quantitative estimate of drug-likeness (QED) is 0.854. The van der Waals surface area contributed by atoms with Gasteiger partial charge in [0.2, 0.25) is 0 Å². The number of hydrogen-bond acceptors (Lipinski definition) is 3.